The fraction of sp³-hybridized carbons (Fsp3) is 0.259. The van der Waals surface area contributed by atoms with E-state index < -0.39 is 0 Å². The highest BCUT2D eigenvalue weighted by molar-refractivity contribution is 6.18. The van der Waals surface area contributed by atoms with Gasteiger partial charge in [-0.05, 0) is 49.0 Å². The van der Waals surface area contributed by atoms with Gasteiger partial charge in [0.2, 0.25) is 0 Å². The summed E-state index contributed by atoms with van der Waals surface area (Å²) in [6, 6.07) is 22.9. The normalized spacial score (nSPS) is 14.9. The fourth-order valence-corrected chi connectivity index (χ4v) is 4.24. The minimum absolute atomic E-state index is 0.137. The molecule has 3 aromatic rings. The molecule has 1 fully saturated rings. The number of amides is 1. The standard InChI is InChI=1S/C27H28N2O3/c1-32-25-12-6-5-11-23(25)20-24(29-16-8-7-13-26(29)30)27(31)28-17-14-22(15-18-28)19-21-9-3-2-4-10-21/h2-13,16,20,22H,14-15,17-19H2,1H3. The first-order chi connectivity index (χ1) is 15.7. The van der Waals surface area contributed by atoms with E-state index >= 15 is 0 Å². The zero-order chi connectivity index (χ0) is 22.3. The van der Waals surface area contributed by atoms with E-state index in [0.29, 0.717) is 30.5 Å². The van der Waals surface area contributed by atoms with E-state index in [2.05, 4.69) is 24.3 Å². The maximum atomic E-state index is 13.6. The molecule has 1 aromatic heterocycles. The largest absolute Gasteiger partial charge is 0.496 e. The maximum Gasteiger partial charge on any atom is 0.270 e. The molecule has 0 aliphatic carbocycles. The molecule has 1 amide bonds. The summed E-state index contributed by atoms with van der Waals surface area (Å²) in [7, 11) is 1.60. The molecule has 0 unspecified atom stereocenters. The Kier molecular flexibility index (Phi) is 6.85. The number of para-hydroxylation sites is 1. The molecule has 0 N–H and O–H groups in total. The third-order valence-electron chi connectivity index (χ3n) is 6.00. The molecule has 0 spiro atoms. The molecule has 5 nitrogen and oxygen atoms in total. The van der Waals surface area contributed by atoms with Gasteiger partial charge in [-0.2, -0.15) is 0 Å². The first-order valence-corrected chi connectivity index (χ1v) is 11.0. The molecule has 5 heteroatoms. The monoisotopic (exact) mass is 428 g/mol. The number of carbonyl (C=O) groups is 1. The average molecular weight is 429 g/mol. The summed E-state index contributed by atoms with van der Waals surface area (Å²) in [5, 5.41) is 0. The van der Waals surface area contributed by atoms with Crippen molar-refractivity contribution in [3.63, 3.8) is 0 Å². The lowest BCUT2D eigenvalue weighted by Crippen LogP contribution is -2.41. The van der Waals surface area contributed by atoms with Crippen molar-refractivity contribution >= 4 is 17.7 Å². The molecule has 32 heavy (non-hydrogen) atoms. The number of hydrogen-bond acceptors (Lipinski definition) is 3. The van der Waals surface area contributed by atoms with E-state index in [1.165, 1.54) is 16.2 Å². The highest BCUT2D eigenvalue weighted by Gasteiger charge is 2.26. The maximum absolute atomic E-state index is 13.6. The number of ether oxygens (including phenoxy) is 1. The number of methoxy groups -OCH3 is 1. The zero-order valence-electron chi connectivity index (χ0n) is 18.3. The van der Waals surface area contributed by atoms with E-state index in [0.717, 1.165) is 24.8 Å². The molecule has 164 valence electrons. The summed E-state index contributed by atoms with van der Waals surface area (Å²) in [6.45, 7) is 1.36. The summed E-state index contributed by atoms with van der Waals surface area (Å²) in [5.41, 5.74) is 2.19. The molecule has 1 aliphatic heterocycles. The van der Waals surface area contributed by atoms with Crippen LogP contribution in [0.25, 0.3) is 11.8 Å². The Balaban J connectivity index is 1.57. The van der Waals surface area contributed by atoms with Gasteiger partial charge in [0, 0.05) is 30.9 Å². The topological polar surface area (TPSA) is 51.5 Å². The number of rotatable bonds is 6. The van der Waals surface area contributed by atoms with Crippen molar-refractivity contribution in [2.24, 2.45) is 5.92 Å². The lowest BCUT2D eigenvalue weighted by molar-refractivity contribution is -0.126. The van der Waals surface area contributed by atoms with Gasteiger partial charge < -0.3 is 9.64 Å². The number of nitrogens with zero attached hydrogens (tertiary/aromatic N) is 2. The molecular formula is C27H28N2O3. The summed E-state index contributed by atoms with van der Waals surface area (Å²) in [6.07, 6.45) is 6.33. The van der Waals surface area contributed by atoms with E-state index in [1.807, 2.05) is 35.2 Å². The highest BCUT2D eigenvalue weighted by Crippen LogP contribution is 2.26. The second kappa shape index (κ2) is 10.1. The fourth-order valence-electron chi connectivity index (χ4n) is 4.24. The van der Waals surface area contributed by atoms with Gasteiger partial charge in [-0.1, -0.05) is 54.6 Å². The Hall–Kier alpha value is -3.60. The van der Waals surface area contributed by atoms with E-state index in [-0.39, 0.29) is 11.5 Å². The van der Waals surface area contributed by atoms with Crippen LogP contribution in [-0.2, 0) is 11.2 Å². The van der Waals surface area contributed by atoms with Gasteiger partial charge in [0.15, 0.2) is 0 Å². The van der Waals surface area contributed by atoms with Crippen LogP contribution in [-0.4, -0.2) is 35.6 Å². The Labute approximate surface area is 188 Å². The SMILES string of the molecule is COc1ccccc1C=C(C(=O)N1CCC(Cc2ccccc2)CC1)n1ccccc1=O. The van der Waals surface area contributed by atoms with Crippen LogP contribution in [0.2, 0.25) is 0 Å². The summed E-state index contributed by atoms with van der Waals surface area (Å²) >= 11 is 0. The summed E-state index contributed by atoms with van der Waals surface area (Å²) in [5.74, 6) is 1.08. The van der Waals surface area contributed by atoms with Crippen LogP contribution in [0.15, 0.2) is 83.8 Å². The number of hydrogen-bond donors (Lipinski definition) is 0. The predicted molar refractivity (Wildman–Crippen MR) is 127 cm³/mol. The highest BCUT2D eigenvalue weighted by atomic mass is 16.5. The minimum Gasteiger partial charge on any atom is -0.496 e. The molecule has 4 rings (SSSR count). The van der Waals surface area contributed by atoms with Crippen molar-refractivity contribution in [1.82, 2.24) is 9.47 Å². The smallest absolute Gasteiger partial charge is 0.270 e. The van der Waals surface area contributed by atoms with Crippen molar-refractivity contribution in [1.29, 1.82) is 0 Å². The van der Waals surface area contributed by atoms with Crippen LogP contribution in [0, 0.1) is 5.92 Å². The predicted octanol–water partition coefficient (Wildman–Crippen LogP) is 4.34. The first-order valence-electron chi connectivity index (χ1n) is 11.0. The van der Waals surface area contributed by atoms with Crippen molar-refractivity contribution in [3.8, 4) is 5.75 Å². The van der Waals surface area contributed by atoms with Crippen LogP contribution >= 0.6 is 0 Å². The molecule has 1 aliphatic rings. The minimum atomic E-state index is -0.235. The number of carbonyl (C=O) groups excluding carboxylic acids is 1. The van der Waals surface area contributed by atoms with Gasteiger partial charge in [0.1, 0.15) is 11.4 Å². The quantitative estimate of drug-likeness (QED) is 0.549. The Morgan fingerprint density at radius 3 is 2.38 bits per heavy atom. The lowest BCUT2D eigenvalue weighted by atomic mass is 9.90. The summed E-state index contributed by atoms with van der Waals surface area (Å²) < 4.78 is 6.87. The van der Waals surface area contributed by atoms with E-state index in [9.17, 15) is 9.59 Å². The zero-order valence-corrected chi connectivity index (χ0v) is 18.3. The Morgan fingerprint density at radius 2 is 1.66 bits per heavy atom. The number of pyridine rings is 1. The van der Waals surface area contributed by atoms with Crippen LogP contribution in [0.5, 0.6) is 5.75 Å². The molecule has 2 heterocycles. The van der Waals surface area contributed by atoms with Crippen molar-refractivity contribution < 1.29 is 9.53 Å². The molecule has 0 radical (unpaired) electrons. The molecule has 2 aromatic carbocycles. The van der Waals surface area contributed by atoms with E-state index in [1.54, 1.807) is 31.5 Å². The molecule has 0 saturated carbocycles. The third kappa shape index (κ3) is 4.99. The first kappa shape index (κ1) is 21.6. The average Bonchev–Trinajstić information content (AvgIpc) is 2.84. The van der Waals surface area contributed by atoms with Gasteiger partial charge in [-0.15, -0.1) is 0 Å². The van der Waals surface area contributed by atoms with Gasteiger partial charge in [-0.25, -0.2) is 0 Å². The Bertz CT molecular complexity index is 1140. The molecule has 0 atom stereocenters. The second-order valence-electron chi connectivity index (χ2n) is 8.11. The molecule has 0 bridgehead atoms. The number of piperidine rings is 1. The van der Waals surface area contributed by atoms with Crippen molar-refractivity contribution in [2.45, 2.75) is 19.3 Å². The second-order valence-corrected chi connectivity index (χ2v) is 8.11. The Morgan fingerprint density at radius 1 is 0.969 bits per heavy atom. The number of aromatic nitrogens is 1. The third-order valence-corrected chi connectivity index (χ3v) is 6.00. The van der Waals surface area contributed by atoms with Gasteiger partial charge in [0.05, 0.1) is 7.11 Å². The molecule has 1 saturated heterocycles. The van der Waals surface area contributed by atoms with E-state index in [4.69, 9.17) is 4.74 Å². The number of likely N-dealkylation sites (tertiary alicyclic amines) is 1. The van der Waals surface area contributed by atoms with Crippen LogP contribution < -0.4 is 10.3 Å². The van der Waals surface area contributed by atoms with Crippen LogP contribution in [0.1, 0.15) is 24.0 Å². The lowest BCUT2D eigenvalue weighted by Gasteiger charge is -2.33. The van der Waals surface area contributed by atoms with Crippen LogP contribution in [0.3, 0.4) is 0 Å². The van der Waals surface area contributed by atoms with Crippen molar-refractivity contribution in [2.75, 3.05) is 20.2 Å². The molecular weight excluding hydrogens is 400 g/mol. The van der Waals surface area contributed by atoms with Gasteiger partial charge >= 0.3 is 0 Å². The van der Waals surface area contributed by atoms with Gasteiger partial charge in [0.25, 0.3) is 11.5 Å². The van der Waals surface area contributed by atoms with Crippen molar-refractivity contribution in [3.05, 3.63) is 100 Å². The van der Waals surface area contributed by atoms with Gasteiger partial charge in [-0.3, -0.25) is 14.2 Å². The van der Waals surface area contributed by atoms with Crippen LogP contribution in [0.4, 0.5) is 0 Å². The summed E-state index contributed by atoms with van der Waals surface area (Å²) in [4.78, 5) is 28.0. The number of benzene rings is 2.